The maximum absolute atomic E-state index is 13.4. The first-order chi connectivity index (χ1) is 22.3. The minimum atomic E-state index is -1.59. The molecule has 0 fully saturated rings. The fraction of sp³-hybridized carbons (Fsp3) is 0.517. The molecule has 1 aromatic carbocycles. The van der Waals surface area contributed by atoms with E-state index in [2.05, 4.69) is 30.7 Å². The van der Waals surface area contributed by atoms with Crippen LogP contribution in [0.15, 0.2) is 30.3 Å². The number of primary amides is 1. The molecule has 0 aromatic heterocycles. The monoisotopic (exact) mass is 685 g/mol. The van der Waals surface area contributed by atoms with Crippen molar-refractivity contribution in [2.45, 2.75) is 62.9 Å². The van der Waals surface area contributed by atoms with Gasteiger partial charge < -0.3 is 41.2 Å². The molecule has 5 amide bonds. The highest BCUT2D eigenvalue weighted by molar-refractivity contribution is 7.98. The van der Waals surface area contributed by atoms with E-state index in [1.807, 2.05) is 0 Å². The number of benzene rings is 1. The van der Waals surface area contributed by atoms with Crippen molar-refractivity contribution in [3.05, 3.63) is 35.9 Å². The molecule has 0 heterocycles. The highest BCUT2D eigenvalue weighted by Crippen LogP contribution is 2.08. The second-order valence-corrected chi connectivity index (χ2v) is 10.9. The summed E-state index contributed by atoms with van der Waals surface area (Å²) in [5.74, 6) is -6.31. The fourth-order valence-corrected chi connectivity index (χ4v) is 4.30. The number of alkyl carbamates (subject to hydrolysis) is 1. The highest BCUT2D eigenvalue weighted by Gasteiger charge is 2.33. The molecule has 4 atom stereocenters. The van der Waals surface area contributed by atoms with Crippen LogP contribution in [0.2, 0.25) is 0 Å². The SMILES string of the molecule is COC(=O)C[C@H](NC(=O)OCc1ccccc1)C(=O)N[C@@H](CCC(N)=O)C(=O)N[C@@H](CCSC)C(=O)N[C@H](CC(=O)OC)C(=O)CF. The third-order valence-electron chi connectivity index (χ3n) is 6.41. The molecule has 0 unspecified atom stereocenters. The molecule has 0 saturated carbocycles. The lowest BCUT2D eigenvalue weighted by atomic mass is 10.1. The molecule has 18 heteroatoms. The molecule has 1 rings (SSSR count). The number of nitrogens with two attached hydrogens (primary N) is 1. The first kappa shape index (κ1) is 40.3. The van der Waals surface area contributed by atoms with E-state index < -0.39 is 91.1 Å². The topological polar surface area (TPSA) is 238 Å². The lowest BCUT2D eigenvalue weighted by molar-refractivity contribution is -0.144. The molecule has 0 saturated heterocycles. The van der Waals surface area contributed by atoms with Crippen molar-refractivity contribution in [1.82, 2.24) is 21.3 Å². The van der Waals surface area contributed by atoms with E-state index >= 15 is 0 Å². The van der Waals surface area contributed by atoms with Gasteiger partial charge in [0.15, 0.2) is 5.78 Å². The Hall–Kier alpha value is -4.74. The van der Waals surface area contributed by atoms with Crippen LogP contribution in [-0.2, 0) is 54.4 Å². The van der Waals surface area contributed by atoms with E-state index in [4.69, 9.17) is 10.5 Å². The number of carbonyl (C=O) groups is 8. The number of ketones is 1. The number of hydrogen-bond acceptors (Lipinski definition) is 12. The summed E-state index contributed by atoms with van der Waals surface area (Å²) < 4.78 is 27.3. The molecular formula is C29H40FN5O11S. The van der Waals surface area contributed by atoms with Gasteiger partial charge in [-0.1, -0.05) is 30.3 Å². The van der Waals surface area contributed by atoms with E-state index in [9.17, 15) is 42.7 Å². The zero-order chi connectivity index (χ0) is 35.4. The number of halogens is 1. The Labute approximate surface area is 274 Å². The number of esters is 2. The van der Waals surface area contributed by atoms with Gasteiger partial charge in [-0.3, -0.25) is 33.6 Å². The largest absolute Gasteiger partial charge is 0.469 e. The van der Waals surface area contributed by atoms with E-state index in [0.717, 1.165) is 14.2 Å². The number of nitrogens with one attached hydrogen (secondary N) is 4. The zero-order valence-corrected chi connectivity index (χ0v) is 27.0. The quantitative estimate of drug-likeness (QED) is 0.0807. The van der Waals surface area contributed by atoms with Crippen LogP contribution in [0.4, 0.5) is 9.18 Å². The summed E-state index contributed by atoms with van der Waals surface area (Å²) in [6, 6.07) is 2.58. The minimum Gasteiger partial charge on any atom is -0.469 e. The Kier molecular flexibility index (Phi) is 18.8. The first-order valence-corrected chi connectivity index (χ1v) is 15.6. The number of alkyl halides is 1. The number of thioether (sulfide) groups is 1. The Balaban J connectivity index is 3.16. The van der Waals surface area contributed by atoms with E-state index in [1.54, 1.807) is 36.6 Å². The van der Waals surface area contributed by atoms with Gasteiger partial charge in [0.25, 0.3) is 0 Å². The van der Waals surface area contributed by atoms with Gasteiger partial charge in [-0.05, 0) is 30.4 Å². The normalized spacial score (nSPS) is 13.0. The lowest BCUT2D eigenvalue weighted by Gasteiger charge is -2.26. The van der Waals surface area contributed by atoms with E-state index in [-0.39, 0.29) is 25.9 Å². The van der Waals surface area contributed by atoms with Crippen molar-refractivity contribution >= 4 is 59.2 Å². The summed E-state index contributed by atoms with van der Waals surface area (Å²) in [5.41, 5.74) is 5.88. The molecular weight excluding hydrogens is 645 g/mol. The molecule has 0 spiro atoms. The van der Waals surface area contributed by atoms with Crippen LogP contribution >= 0.6 is 11.8 Å². The second-order valence-electron chi connectivity index (χ2n) is 9.89. The molecule has 0 radical (unpaired) electrons. The number of Topliss-reactive ketones (excluding diaryl/α,β-unsaturated/α-hetero) is 1. The molecule has 1 aromatic rings. The van der Waals surface area contributed by atoms with Crippen LogP contribution in [0.5, 0.6) is 0 Å². The van der Waals surface area contributed by atoms with Crippen molar-refractivity contribution in [1.29, 1.82) is 0 Å². The Morgan fingerprint density at radius 2 is 1.28 bits per heavy atom. The van der Waals surface area contributed by atoms with Crippen molar-refractivity contribution in [3.63, 3.8) is 0 Å². The predicted octanol–water partition coefficient (Wildman–Crippen LogP) is -0.581. The average Bonchev–Trinajstić information content (AvgIpc) is 3.06. The van der Waals surface area contributed by atoms with Crippen molar-refractivity contribution in [3.8, 4) is 0 Å². The predicted molar refractivity (Wildman–Crippen MR) is 165 cm³/mol. The van der Waals surface area contributed by atoms with Gasteiger partial charge in [-0.25, -0.2) is 9.18 Å². The maximum Gasteiger partial charge on any atom is 0.408 e. The van der Waals surface area contributed by atoms with Crippen molar-refractivity contribution in [2.24, 2.45) is 5.73 Å². The zero-order valence-electron chi connectivity index (χ0n) is 26.2. The van der Waals surface area contributed by atoms with E-state index in [1.165, 1.54) is 11.8 Å². The number of ether oxygens (including phenoxy) is 3. The summed E-state index contributed by atoms with van der Waals surface area (Å²) in [7, 11) is 2.10. The standard InChI is InChI=1S/C29H40FN5O11S/c1-44-24(38)13-20(22(36)15-30)34-27(41)19(11-12-47-3)33-26(40)18(9-10-23(31)37)32-28(42)21(14-25(39)45-2)35-29(43)46-16-17-7-5-4-6-8-17/h4-8,18-21H,9-16H2,1-3H3,(H2,31,37)(H,32,42)(H,33,40)(H,34,41)(H,35,43)/t18-,19-,20+,21-/m0/s1. The molecule has 6 N–H and O–H groups in total. The molecule has 47 heavy (non-hydrogen) atoms. The smallest absolute Gasteiger partial charge is 0.408 e. The molecule has 0 bridgehead atoms. The summed E-state index contributed by atoms with van der Waals surface area (Å²) >= 11 is 1.31. The summed E-state index contributed by atoms with van der Waals surface area (Å²) in [4.78, 5) is 99.5. The average molecular weight is 686 g/mol. The van der Waals surface area contributed by atoms with Gasteiger partial charge in [0.05, 0.1) is 27.1 Å². The molecule has 0 aliphatic rings. The van der Waals surface area contributed by atoms with Crippen LogP contribution in [0.1, 0.15) is 37.7 Å². The molecule has 0 aliphatic carbocycles. The number of rotatable bonds is 21. The van der Waals surface area contributed by atoms with Gasteiger partial charge in [0.2, 0.25) is 23.6 Å². The third kappa shape index (κ3) is 15.9. The van der Waals surface area contributed by atoms with Crippen molar-refractivity contribution < 1.29 is 57.0 Å². The Morgan fingerprint density at radius 1 is 0.766 bits per heavy atom. The molecule has 260 valence electrons. The number of amides is 5. The Morgan fingerprint density at radius 3 is 1.79 bits per heavy atom. The molecule has 0 aliphatic heterocycles. The number of methoxy groups -OCH3 is 2. The van der Waals surface area contributed by atoms with Crippen LogP contribution in [0, 0.1) is 0 Å². The maximum atomic E-state index is 13.4. The van der Waals surface area contributed by atoms with Gasteiger partial charge >= 0.3 is 18.0 Å². The van der Waals surface area contributed by atoms with Crippen molar-refractivity contribution in [2.75, 3.05) is 32.9 Å². The van der Waals surface area contributed by atoms with Gasteiger partial charge in [-0.2, -0.15) is 11.8 Å². The lowest BCUT2D eigenvalue weighted by Crippen LogP contribution is -2.58. The third-order valence-corrected chi connectivity index (χ3v) is 7.06. The van der Waals surface area contributed by atoms with E-state index in [0.29, 0.717) is 11.3 Å². The van der Waals surface area contributed by atoms with Gasteiger partial charge in [0.1, 0.15) is 37.4 Å². The fourth-order valence-electron chi connectivity index (χ4n) is 3.83. The van der Waals surface area contributed by atoms with Crippen LogP contribution in [0.3, 0.4) is 0 Å². The minimum absolute atomic E-state index is 0.00373. The van der Waals surface area contributed by atoms with Crippen LogP contribution in [0.25, 0.3) is 0 Å². The van der Waals surface area contributed by atoms with Crippen LogP contribution in [-0.4, -0.2) is 105 Å². The first-order valence-electron chi connectivity index (χ1n) is 14.2. The van der Waals surface area contributed by atoms with Gasteiger partial charge in [-0.15, -0.1) is 0 Å². The summed E-state index contributed by atoms with van der Waals surface area (Å²) in [5, 5.41) is 9.25. The molecule has 16 nitrogen and oxygen atoms in total. The Bertz CT molecular complexity index is 1250. The number of carbonyl (C=O) groups excluding carboxylic acids is 8. The highest BCUT2D eigenvalue weighted by atomic mass is 32.2. The second kappa shape index (κ2) is 21.9. The summed E-state index contributed by atoms with van der Waals surface area (Å²) in [6.45, 7) is -1.63. The van der Waals surface area contributed by atoms with Gasteiger partial charge in [0, 0.05) is 6.42 Å². The summed E-state index contributed by atoms with van der Waals surface area (Å²) in [6.07, 6.45) is -1.39. The van der Waals surface area contributed by atoms with Crippen LogP contribution < -0.4 is 27.0 Å². The number of hydrogen-bond donors (Lipinski definition) is 5.